The Morgan fingerprint density at radius 3 is 2.46 bits per heavy atom. The van der Waals surface area contributed by atoms with Crippen molar-refractivity contribution in [3.63, 3.8) is 0 Å². The average Bonchev–Trinajstić information content (AvgIpc) is 3.20. The number of piperazine rings is 1. The number of nitrogens with zero attached hydrogens (tertiary/aromatic N) is 2. The number of ketones is 1. The summed E-state index contributed by atoms with van der Waals surface area (Å²) in [4.78, 5) is 29.2. The van der Waals surface area contributed by atoms with Crippen molar-refractivity contribution in [1.82, 2.24) is 4.90 Å². The lowest BCUT2D eigenvalue weighted by atomic mass is 10.0. The molecule has 28 heavy (non-hydrogen) atoms. The summed E-state index contributed by atoms with van der Waals surface area (Å²) in [5.74, 6) is 0.140. The number of carbonyl (C=O) groups is 2. The molecule has 1 aliphatic heterocycles. The first-order valence-corrected chi connectivity index (χ1v) is 10.4. The fraction of sp³-hybridized carbons (Fsp3) is 0.391. The molecule has 0 N–H and O–H groups in total. The fourth-order valence-electron chi connectivity index (χ4n) is 4.16. The first-order valence-electron chi connectivity index (χ1n) is 10.0. The summed E-state index contributed by atoms with van der Waals surface area (Å²) < 4.78 is 0. The number of carbonyl (C=O) groups excluding carboxylic acids is 2. The zero-order valence-electron chi connectivity index (χ0n) is 16.0. The summed E-state index contributed by atoms with van der Waals surface area (Å²) in [5, 5.41) is 0.723. The van der Waals surface area contributed by atoms with Gasteiger partial charge < -0.3 is 9.80 Å². The van der Waals surface area contributed by atoms with Crippen LogP contribution in [0.1, 0.15) is 40.7 Å². The van der Waals surface area contributed by atoms with Gasteiger partial charge in [0.2, 0.25) is 5.91 Å². The molecule has 1 amide bonds. The Balaban J connectivity index is 1.27. The van der Waals surface area contributed by atoms with E-state index in [9.17, 15) is 9.59 Å². The monoisotopic (exact) mass is 396 g/mol. The van der Waals surface area contributed by atoms with Crippen LogP contribution in [0, 0.1) is 0 Å². The molecule has 1 saturated heterocycles. The molecule has 4 rings (SSSR count). The van der Waals surface area contributed by atoms with Gasteiger partial charge in [0.15, 0.2) is 5.78 Å². The van der Waals surface area contributed by atoms with Crippen LogP contribution in [-0.4, -0.2) is 42.8 Å². The predicted octanol–water partition coefficient (Wildman–Crippen LogP) is 4.14. The van der Waals surface area contributed by atoms with Crippen LogP contribution in [0.25, 0.3) is 0 Å². The highest BCUT2D eigenvalue weighted by molar-refractivity contribution is 6.30. The first kappa shape index (κ1) is 19.0. The Morgan fingerprint density at radius 1 is 0.893 bits per heavy atom. The molecule has 5 heteroatoms. The van der Waals surface area contributed by atoms with E-state index in [1.165, 1.54) is 17.5 Å². The number of fused-ring (bicyclic) bond motifs is 1. The lowest BCUT2D eigenvalue weighted by Gasteiger charge is -2.36. The predicted molar refractivity (Wildman–Crippen MR) is 112 cm³/mol. The van der Waals surface area contributed by atoms with Crippen LogP contribution >= 0.6 is 11.6 Å². The number of hydrogen-bond donors (Lipinski definition) is 0. The highest BCUT2D eigenvalue weighted by Crippen LogP contribution is 2.24. The van der Waals surface area contributed by atoms with E-state index in [4.69, 9.17) is 11.6 Å². The minimum atomic E-state index is 0.0697. The lowest BCUT2D eigenvalue weighted by molar-refractivity contribution is -0.131. The molecule has 1 aliphatic carbocycles. The maximum Gasteiger partial charge on any atom is 0.223 e. The third kappa shape index (κ3) is 4.22. The molecule has 146 valence electrons. The van der Waals surface area contributed by atoms with Crippen molar-refractivity contribution in [2.45, 2.75) is 32.1 Å². The van der Waals surface area contributed by atoms with E-state index in [0.717, 1.165) is 42.2 Å². The van der Waals surface area contributed by atoms with E-state index in [1.807, 2.05) is 41.3 Å². The van der Waals surface area contributed by atoms with Gasteiger partial charge in [-0.1, -0.05) is 29.8 Å². The number of hydrogen-bond acceptors (Lipinski definition) is 3. The highest BCUT2D eigenvalue weighted by atomic mass is 35.5. The number of benzene rings is 2. The largest absolute Gasteiger partial charge is 0.368 e. The molecule has 1 heterocycles. The number of amides is 1. The Bertz CT molecular complexity index is 888. The van der Waals surface area contributed by atoms with Crippen LogP contribution in [0.5, 0.6) is 0 Å². The highest BCUT2D eigenvalue weighted by Gasteiger charge is 2.22. The maximum atomic E-state index is 12.6. The van der Waals surface area contributed by atoms with E-state index in [2.05, 4.69) is 11.0 Å². The summed E-state index contributed by atoms with van der Waals surface area (Å²) in [6.07, 6.45) is 3.92. The van der Waals surface area contributed by atoms with E-state index < -0.39 is 0 Å². The molecule has 0 aromatic heterocycles. The Morgan fingerprint density at radius 2 is 1.68 bits per heavy atom. The second-order valence-electron chi connectivity index (χ2n) is 7.61. The normalized spacial score (nSPS) is 16.2. The smallest absolute Gasteiger partial charge is 0.223 e. The van der Waals surface area contributed by atoms with Crippen molar-refractivity contribution in [2.75, 3.05) is 31.1 Å². The minimum absolute atomic E-state index is 0.0697. The van der Waals surface area contributed by atoms with Crippen LogP contribution in [-0.2, 0) is 17.6 Å². The summed E-state index contributed by atoms with van der Waals surface area (Å²) in [6, 6.07) is 13.8. The molecule has 0 bridgehead atoms. The minimum Gasteiger partial charge on any atom is -0.368 e. The van der Waals surface area contributed by atoms with Gasteiger partial charge >= 0.3 is 0 Å². The molecule has 0 spiro atoms. The summed E-state index contributed by atoms with van der Waals surface area (Å²) in [5.41, 5.74) is 4.50. The van der Waals surface area contributed by atoms with Gasteiger partial charge in [0.25, 0.3) is 0 Å². The van der Waals surface area contributed by atoms with Crippen molar-refractivity contribution < 1.29 is 9.59 Å². The van der Waals surface area contributed by atoms with Crippen LogP contribution < -0.4 is 4.90 Å². The van der Waals surface area contributed by atoms with Crippen molar-refractivity contribution in [2.24, 2.45) is 0 Å². The summed E-state index contributed by atoms with van der Waals surface area (Å²) in [7, 11) is 0. The van der Waals surface area contributed by atoms with E-state index in [0.29, 0.717) is 13.1 Å². The fourth-order valence-corrected chi connectivity index (χ4v) is 4.34. The Kier molecular flexibility index (Phi) is 5.67. The standard InChI is InChI=1S/C23H25ClN2O2/c24-20-5-2-6-21(16-20)25-11-13-26(14-12-25)23(28)10-9-22(27)19-8-7-17-3-1-4-18(17)15-19/h2,5-8,15-16H,1,3-4,9-14H2. The summed E-state index contributed by atoms with van der Waals surface area (Å²) in [6.45, 7) is 2.92. The zero-order chi connectivity index (χ0) is 19.5. The van der Waals surface area contributed by atoms with Crippen molar-refractivity contribution >= 4 is 29.0 Å². The lowest BCUT2D eigenvalue weighted by Crippen LogP contribution is -2.48. The molecule has 2 aromatic rings. The van der Waals surface area contributed by atoms with E-state index in [1.54, 1.807) is 0 Å². The number of Topliss-reactive ketones (excluding diaryl/α,β-unsaturated/α-hetero) is 1. The molecule has 0 unspecified atom stereocenters. The van der Waals surface area contributed by atoms with Gasteiger partial charge in [-0.05, 0) is 54.7 Å². The molecule has 2 aromatic carbocycles. The second kappa shape index (κ2) is 8.36. The molecule has 0 saturated carbocycles. The van der Waals surface area contributed by atoms with Gasteiger partial charge in [-0.25, -0.2) is 0 Å². The second-order valence-corrected chi connectivity index (χ2v) is 8.04. The Labute approximate surface area is 171 Å². The third-order valence-electron chi connectivity index (χ3n) is 5.79. The van der Waals surface area contributed by atoms with Crippen LogP contribution in [0.3, 0.4) is 0 Å². The molecule has 0 atom stereocenters. The SMILES string of the molecule is O=C(CCC(=O)N1CCN(c2cccc(Cl)c2)CC1)c1ccc2c(c1)CCC2. The number of aryl methyl sites for hydroxylation is 2. The van der Waals surface area contributed by atoms with Crippen molar-refractivity contribution in [3.8, 4) is 0 Å². The van der Waals surface area contributed by atoms with Gasteiger partial charge in [-0.3, -0.25) is 9.59 Å². The topological polar surface area (TPSA) is 40.6 Å². The molecule has 2 aliphatic rings. The number of rotatable bonds is 5. The van der Waals surface area contributed by atoms with Crippen molar-refractivity contribution in [3.05, 3.63) is 64.2 Å². The van der Waals surface area contributed by atoms with Gasteiger partial charge in [0, 0.05) is 55.3 Å². The molecular weight excluding hydrogens is 372 g/mol. The van der Waals surface area contributed by atoms with Crippen LogP contribution in [0.2, 0.25) is 5.02 Å². The van der Waals surface area contributed by atoms with Gasteiger partial charge in [-0.15, -0.1) is 0 Å². The molecular formula is C23H25ClN2O2. The van der Waals surface area contributed by atoms with Gasteiger partial charge in [0.05, 0.1) is 0 Å². The van der Waals surface area contributed by atoms with Crippen LogP contribution in [0.4, 0.5) is 5.69 Å². The first-order chi connectivity index (χ1) is 13.6. The zero-order valence-corrected chi connectivity index (χ0v) is 16.8. The van der Waals surface area contributed by atoms with Gasteiger partial charge in [-0.2, -0.15) is 0 Å². The molecule has 4 nitrogen and oxygen atoms in total. The summed E-state index contributed by atoms with van der Waals surface area (Å²) >= 11 is 6.07. The quantitative estimate of drug-likeness (QED) is 0.713. The molecule has 1 fully saturated rings. The van der Waals surface area contributed by atoms with Crippen molar-refractivity contribution in [1.29, 1.82) is 0 Å². The number of halogens is 1. The maximum absolute atomic E-state index is 12.6. The Hall–Kier alpha value is -2.33. The number of anilines is 1. The van der Waals surface area contributed by atoms with Gasteiger partial charge in [0.1, 0.15) is 0 Å². The molecule has 0 radical (unpaired) electrons. The third-order valence-corrected chi connectivity index (χ3v) is 6.03. The average molecular weight is 397 g/mol. The van der Waals surface area contributed by atoms with E-state index >= 15 is 0 Å². The van der Waals surface area contributed by atoms with E-state index in [-0.39, 0.29) is 24.5 Å². The van der Waals surface area contributed by atoms with Crippen LogP contribution in [0.15, 0.2) is 42.5 Å².